The fraction of sp³-hybridized carbons (Fsp3) is 0.423. The second-order valence-corrected chi connectivity index (χ2v) is 8.85. The van der Waals surface area contributed by atoms with E-state index in [1.165, 1.54) is 12.3 Å². The molecule has 4 N–H and O–H groups in total. The number of rotatable bonds is 9. The average Bonchev–Trinajstić information content (AvgIpc) is 2.88. The summed E-state index contributed by atoms with van der Waals surface area (Å²) in [5, 5.41) is 42.2. The molecule has 194 valence electrons. The van der Waals surface area contributed by atoms with Crippen molar-refractivity contribution in [2.24, 2.45) is 0 Å². The van der Waals surface area contributed by atoms with Gasteiger partial charge in [0.25, 0.3) is 0 Å². The van der Waals surface area contributed by atoms with Gasteiger partial charge in [-0.3, -0.25) is 4.84 Å². The maximum atomic E-state index is 13.0. The van der Waals surface area contributed by atoms with Crippen LogP contribution in [0.2, 0.25) is 0 Å². The van der Waals surface area contributed by atoms with Crippen molar-refractivity contribution in [1.29, 1.82) is 0 Å². The molecule has 36 heavy (non-hydrogen) atoms. The second kappa shape index (κ2) is 11.5. The van der Waals surface area contributed by atoms with E-state index in [2.05, 4.69) is 0 Å². The number of aliphatic hydroxyl groups excluding tert-OH is 3. The van der Waals surface area contributed by atoms with E-state index < -0.39 is 48.8 Å². The molecule has 0 spiro atoms. The van der Waals surface area contributed by atoms with Gasteiger partial charge in [0.1, 0.15) is 23.5 Å². The van der Waals surface area contributed by atoms with Gasteiger partial charge in [-0.1, -0.05) is 47.7 Å². The number of hydroxylamine groups is 2. The number of benzene rings is 2. The van der Waals surface area contributed by atoms with E-state index in [-0.39, 0.29) is 24.2 Å². The minimum Gasteiger partial charge on any atom is -0.507 e. The summed E-state index contributed by atoms with van der Waals surface area (Å²) in [5.41, 5.74) is 0.552. The third-order valence-corrected chi connectivity index (χ3v) is 6.42. The summed E-state index contributed by atoms with van der Waals surface area (Å²) in [6, 6.07) is 15.6. The first-order valence-electron chi connectivity index (χ1n) is 11.8. The van der Waals surface area contributed by atoms with Crippen LogP contribution in [0, 0.1) is 0 Å². The third kappa shape index (κ3) is 5.45. The van der Waals surface area contributed by atoms with Crippen LogP contribution >= 0.6 is 0 Å². The van der Waals surface area contributed by atoms with Crippen molar-refractivity contribution in [1.82, 2.24) is 5.23 Å². The molecule has 1 aliphatic rings. The Kier molecular flexibility index (Phi) is 8.37. The Hall–Kier alpha value is -2.83. The highest BCUT2D eigenvalue weighted by Crippen LogP contribution is 2.37. The topological polar surface area (TPSA) is 142 Å². The van der Waals surface area contributed by atoms with E-state index in [0.717, 1.165) is 5.56 Å². The van der Waals surface area contributed by atoms with Gasteiger partial charge in [0.15, 0.2) is 6.29 Å². The van der Waals surface area contributed by atoms with Crippen molar-refractivity contribution in [2.45, 2.75) is 56.3 Å². The summed E-state index contributed by atoms with van der Waals surface area (Å²) in [5.74, 6) is -0.723. The number of aliphatic hydroxyl groups is 3. The largest absolute Gasteiger partial charge is 0.507 e. The quantitative estimate of drug-likeness (QED) is 0.254. The smallest absolute Gasteiger partial charge is 0.343 e. The van der Waals surface area contributed by atoms with Crippen molar-refractivity contribution in [3.8, 4) is 5.75 Å². The summed E-state index contributed by atoms with van der Waals surface area (Å²) in [6.07, 6.45) is -4.15. The van der Waals surface area contributed by atoms with E-state index in [0.29, 0.717) is 11.0 Å². The summed E-state index contributed by atoms with van der Waals surface area (Å²) in [7, 11) is 1.40. The minimum absolute atomic E-state index is 0.0403. The number of hydrogen-bond donors (Lipinski definition) is 4. The van der Waals surface area contributed by atoms with Crippen LogP contribution < -0.4 is 5.63 Å². The average molecular weight is 502 g/mol. The highest BCUT2D eigenvalue weighted by atomic mass is 17.0. The van der Waals surface area contributed by atoms with Crippen LogP contribution in [0.25, 0.3) is 11.0 Å². The Morgan fingerprint density at radius 2 is 1.81 bits per heavy atom. The number of nitrogens with zero attached hydrogens (tertiary/aromatic N) is 1. The Morgan fingerprint density at radius 1 is 1.11 bits per heavy atom. The zero-order chi connectivity index (χ0) is 25.8. The molecule has 0 bridgehead atoms. The van der Waals surface area contributed by atoms with Gasteiger partial charge in [0, 0.05) is 12.3 Å². The summed E-state index contributed by atoms with van der Waals surface area (Å²) in [6.45, 7) is 1.31. The van der Waals surface area contributed by atoms with Gasteiger partial charge in [-0.2, -0.15) is 0 Å². The second-order valence-electron chi connectivity index (χ2n) is 8.85. The summed E-state index contributed by atoms with van der Waals surface area (Å²) < 4.78 is 11.1. The van der Waals surface area contributed by atoms with E-state index in [1.807, 2.05) is 30.3 Å². The zero-order valence-corrected chi connectivity index (χ0v) is 20.1. The lowest BCUT2D eigenvalue weighted by molar-refractivity contribution is -0.440. The maximum Gasteiger partial charge on any atom is 0.343 e. The number of para-hydroxylation sites is 1. The summed E-state index contributed by atoms with van der Waals surface area (Å²) in [4.78, 5) is 24.3. The number of fused-ring (bicyclic) bond motifs is 1. The highest BCUT2D eigenvalue weighted by Gasteiger charge is 2.39. The van der Waals surface area contributed by atoms with Crippen LogP contribution in [0.4, 0.5) is 0 Å². The lowest BCUT2D eigenvalue weighted by atomic mass is 9.86. The van der Waals surface area contributed by atoms with Gasteiger partial charge in [0.2, 0.25) is 0 Å². The van der Waals surface area contributed by atoms with Crippen LogP contribution in [0.3, 0.4) is 0 Å². The van der Waals surface area contributed by atoms with Crippen LogP contribution in [0.15, 0.2) is 63.8 Å². The van der Waals surface area contributed by atoms with Crippen LogP contribution in [0.1, 0.15) is 36.8 Å². The molecule has 0 saturated carbocycles. The van der Waals surface area contributed by atoms with Crippen molar-refractivity contribution < 1.29 is 39.3 Å². The standard InChI is InChI=1S/C26H31NO9/c1-15(27(33-2)36-22-13-19(29)25(31)21(14-28)34-22)12-18(16-8-4-3-5-9-16)23-24(30)17-10-6-7-11-20(17)35-26(23)32/h3-11,15,18-19,21-22,25,28-31H,12-14H2,1-2H3/t15?,18?,19-,21-,22?,25+/m1/s1. The first-order valence-corrected chi connectivity index (χ1v) is 11.8. The lowest BCUT2D eigenvalue weighted by Crippen LogP contribution is -2.52. The molecule has 10 heteroatoms. The molecule has 4 rings (SSSR count). The van der Waals surface area contributed by atoms with Gasteiger partial charge in [-0.15, -0.1) is 0 Å². The van der Waals surface area contributed by atoms with Gasteiger partial charge >= 0.3 is 5.63 Å². The predicted octanol–water partition coefficient (Wildman–Crippen LogP) is 2.03. The Labute approximate surface area is 207 Å². The lowest BCUT2D eigenvalue weighted by Gasteiger charge is -2.38. The number of hydrogen-bond acceptors (Lipinski definition) is 10. The van der Waals surface area contributed by atoms with Crippen molar-refractivity contribution in [3.63, 3.8) is 0 Å². The maximum absolute atomic E-state index is 13.0. The van der Waals surface area contributed by atoms with Gasteiger partial charge < -0.3 is 29.6 Å². The molecule has 6 atom stereocenters. The molecule has 0 amide bonds. The molecule has 0 aliphatic carbocycles. The van der Waals surface area contributed by atoms with Crippen LogP contribution in [0.5, 0.6) is 5.75 Å². The molecule has 1 aromatic heterocycles. The van der Waals surface area contributed by atoms with E-state index in [1.54, 1.807) is 31.2 Å². The first-order chi connectivity index (χ1) is 17.3. The van der Waals surface area contributed by atoms with Gasteiger partial charge in [-0.25, -0.2) is 9.63 Å². The molecule has 1 aliphatic heterocycles. The number of ether oxygens (including phenoxy) is 1. The normalized spacial score (nSPS) is 24.2. The Morgan fingerprint density at radius 3 is 2.50 bits per heavy atom. The highest BCUT2D eigenvalue weighted by molar-refractivity contribution is 5.84. The van der Waals surface area contributed by atoms with E-state index >= 15 is 0 Å². The van der Waals surface area contributed by atoms with Crippen molar-refractivity contribution in [3.05, 3.63) is 76.1 Å². The fourth-order valence-electron chi connectivity index (χ4n) is 4.57. The molecular weight excluding hydrogens is 470 g/mol. The van der Waals surface area contributed by atoms with Gasteiger partial charge in [0.05, 0.1) is 36.8 Å². The molecule has 3 aromatic rings. The predicted molar refractivity (Wildman–Crippen MR) is 129 cm³/mol. The van der Waals surface area contributed by atoms with Crippen LogP contribution in [-0.2, 0) is 14.4 Å². The molecule has 2 heterocycles. The molecule has 10 nitrogen and oxygen atoms in total. The van der Waals surface area contributed by atoms with Crippen molar-refractivity contribution >= 4 is 11.0 Å². The molecule has 2 aromatic carbocycles. The van der Waals surface area contributed by atoms with E-state index in [4.69, 9.17) is 18.8 Å². The fourth-order valence-corrected chi connectivity index (χ4v) is 4.57. The Bertz CT molecular complexity index is 1200. The number of aromatic hydroxyl groups is 1. The van der Waals surface area contributed by atoms with E-state index in [9.17, 15) is 25.2 Å². The zero-order valence-electron chi connectivity index (χ0n) is 20.1. The monoisotopic (exact) mass is 501 g/mol. The molecule has 1 saturated heterocycles. The SMILES string of the molecule is CON(OC1C[C@@H](O)[C@H](O)[C@@H](CO)O1)C(C)CC(c1ccccc1)c1c(O)c2ccccc2oc1=O. The first kappa shape index (κ1) is 26.2. The molecule has 3 unspecified atom stereocenters. The van der Waals surface area contributed by atoms with Gasteiger partial charge in [-0.05, 0) is 31.0 Å². The molecule has 0 radical (unpaired) electrons. The molecule has 1 fully saturated rings. The molecular formula is C26H31NO9. The summed E-state index contributed by atoms with van der Waals surface area (Å²) >= 11 is 0. The minimum atomic E-state index is -1.24. The van der Waals surface area contributed by atoms with Crippen LogP contribution in [-0.4, -0.2) is 70.0 Å². The third-order valence-electron chi connectivity index (χ3n) is 6.42. The van der Waals surface area contributed by atoms with Crippen molar-refractivity contribution in [2.75, 3.05) is 13.7 Å². The Balaban J connectivity index is 1.63.